The van der Waals surface area contributed by atoms with Gasteiger partial charge in [0, 0.05) is 30.2 Å². The molecule has 5 nitrogen and oxygen atoms in total. The maximum Gasteiger partial charge on any atom is 0.272 e. The first-order chi connectivity index (χ1) is 10.1. The molecule has 110 valence electrons. The van der Waals surface area contributed by atoms with E-state index in [0.717, 1.165) is 0 Å². The Hall–Kier alpha value is -2.47. The molecular formula is C15H15FN2O3. The molecule has 2 aromatic carbocycles. The molecule has 0 unspecified atom stereocenters. The first kappa shape index (κ1) is 14.9. The van der Waals surface area contributed by atoms with Gasteiger partial charge in [-0.1, -0.05) is 18.2 Å². The lowest BCUT2D eigenvalue weighted by molar-refractivity contribution is -0.385. The maximum atomic E-state index is 13.1. The van der Waals surface area contributed by atoms with Crippen LogP contribution in [0, 0.1) is 15.9 Å². The van der Waals surface area contributed by atoms with Crippen LogP contribution in [0.1, 0.15) is 11.1 Å². The summed E-state index contributed by atoms with van der Waals surface area (Å²) in [5.74, 6) is 0.124. The van der Waals surface area contributed by atoms with E-state index in [0.29, 0.717) is 23.3 Å². The van der Waals surface area contributed by atoms with Crippen LogP contribution in [0.4, 0.5) is 10.1 Å². The fourth-order valence-electron chi connectivity index (χ4n) is 2.02. The molecule has 0 saturated carbocycles. The van der Waals surface area contributed by atoms with Crippen LogP contribution >= 0.6 is 0 Å². The van der Waals surface area contributed by atoms with Gasteiger partial charge < -0.3 is 10.5 Å². The van der Waals surface area contributed by atoms with Gasteiger partial charge in [0.25, 0.3) is 5.69 Å². The number of nitro benzene ring substituents is 1. The highest BCUT2D eigenvalue weighted by atomic mass is 19.1. The summed E-state index contributed by atoms with van der Waals surface area (Å²) in [6.45, 7) is 0.419. The number of para-hydroxylation sites is 1. The molecule has 2 rings (SSSR count). The quantitative estimate of drug-likeness (QED) is 0.655. The van der Waals surface area contributed by atoms with Gasteiger partial charge in [-0.05, 0) is 18.2 Å². The second-order valence-electron chi connectivity index (χ2n) is 4.44. The second-order valence-corrected chi connectivity index (χ2v) is 4.44. The third-order valence-electron chi connectivity index (χ3n) is 3.06. The first-order valence-corrected chi connectivity index (χ1v) is 6.45. The van der Waals surface area contributed by atoms with Crippen molar-refractivity contribution >= 4 is 5.69 Å². The summed E-state index contributed by atoms with van der Waals surface area (Å²) in [4.78, 5) is 10.5. The van der Waals surface area contributed by atoms with Crippen molar-refractivity contribution in [1.29, 1.82) is 0 Å². The van der Waals surface area contributed by atoms with Crippen molar-refractivity contribution in [3.8, 4) is 5.75 Å². The summed E-state index contributed by atoms with van der Waals surface area (Å²) in [6, 6.07) is 10.6. The van der Waals surface area contributed by atoms with Crippen molar-refractivity contribution in [2.75, 3.05) is 6.61 Å². The summed E-state index contributed by atoms with van der Waals surface area (Å²) in [5, 5.41) is 10.9. The van der Waals surface area contributed by atoms with E-state index < -0.39 is 4.92 Å². The smallest absolute Gasteiger partial charge is 0.272 e. The van der Waals surface area contributed by atoms with E-state index in [1.54, 1.807) is 18.2 Å². The molecule has 0 bridgehead atoms. The number of benzene rings is 2. The van der Waals surface area contributed by atoms with Crippen molar-refractivity contribution < 1.29 is 14.1 Å². The summed E-state index contributed by atoms with van der Waals surface area (Å²) in [6.07, 6.45) is 0.387. The number of nitrogens with zero attached hydrogens (tertiary/aromatic N) is 1. The van der Waals surface area contributed by atoms with E-state index in [2.05, 4.69) is 0 Å². The van der Waals surface area contributed by atoms with Crippen LogP contribution in [0.2, 0.25) is 0 Å². The Labute approximate surface area is 121 Å². The normalized spacial score (nSPS) is 10.4. The first-order valence-electron chi connectivity index (χ1n) is 6.45. The van der Waals surface area contributed by atoms with E-state index in [1.165, 1.54) is 24.3 Å². The third kappa shape index (κ3) is 3.76. The molecule has 0 heterocycles. The Morgan fingerprint density at radius 1 is 1.19 bits per heavy atom. The largest absolute Gasteiger partial charge is 0.493 e. The fourth-order valence-corrected chi connectivity index (χ4v) is 2.02. The van der Waals surface area contributed by atoms with Crippen LogP contribution in [0.5, 0.6) is 5.75 Å². The second kappa shape index (κ2) is 6.81. The van der Waals surface area contributed by atoms with Gasteiger partial charge in [0.05, 0.1) is 11.5 Å². The number of hydrogen-bond acceptors (Lipinski definition) is 4. The van der Waals surface area contributed by atoms with Crippen LogP contribution in [0.25, 0.3) is 0 Å². The van der Waals surface area contributed by atoms with Crippen molar-refractivity contribution in [3.05, 3.63) is 69.5 Å². The van der Waals surface area contributed by atoms with E-state index in [4.69, 9.17) is 10.5 Å². The fraction of sp³-hybridized carbons (Fsp3) is 0.200. The summed E-state index contributed by atoms with van der Waals surface area (Å²) >= 11 is 0. The maximum absolute atomic E-state index is 13.1. The van der Waals surface area contributed by atoms with Gasteiger partial charge in [-0.15, -0.1) is 0 Å². The molecule has 0 aromatic heterocycles. The minimum absolute atomic E-state index is 0.0688. The van der Waals surface area contributed by atoms with Crippen molar-refractivity contribution in [2.24, 2.45) is 5.73 Å². The van der Waals surface area contributed by atoms with Crippen LogP contribution in [0.15, 0.2) is 42.5 Å². The zero-order valence-corrected chi connectivity index (χ0v) is 11.3. The van der Waals surface area contributed by atoms with Crippen LogP contribution < -0.4 is 10.5 Å². The molecule has 2 N–H and O–H groups in total. The summed E-state index contributed by atoms with van der Waals surface area (Å²) in [7, 11) is 0. The zero-order valence-electron chi connectivity index (χ0n) is 11.3. The third-order valence-corrected chi connectivity index (χ3v) is 3.06. The Bertz CT molecular complexity index is 647. The monoisotopic (exact) mass is 290 g/mol. The Kier molecular flexibility index (Phi) is 4.84. The Balaban J connectivity index is 2.04. The van der Waals surface area contributed by atoms with Gasteiger partial charge in [-0.3, -0.25) is 10.1 Å². The molecule has 0 amide bonds. The lowest BCUT2D eigenvalue weighted by Crippen LogP contribution is -2.07. The SMILES string of the molecule is NCc1cc(F)ccc1OCCc1ccccc1[N+](=O)[O-]. The predicted octanol–water partition coefficient (Wildman–Crippen LogP) is 2.81. The molecule has 6 heteroatoms. The average Bonchev–Trinajstić information content (AvgIpc) is 2.49. The van der Waals surface area contributed by atoms with E-state index in [1.807, 2.05) is 0 Å². The molecule has 0 fully saturated rings. The highest BCUT2D eigenvalue weighted by Crippen LogP contribution is 2.21. The number of nitrogens with two attached hydrogens (primary N) is 1. The molecule has 2 aromatic rings. The Morgan fingerprint density at radius 2 is 1.95 bits per heavy atom. The highest BCUT2D eigenvalue weighted by Gasteiger charge is 2.12. The number of halogens is 1. The van der Waals surface area contributed by atoms with Crippen LogP contribution in [-0.2, 0) is 13.0 Å². The zero-order chi connectivity index (χ0) is 15.2. The molecule has 0 spiro atoms. The van der Waals surface area contributed by atoms with Crippen molar-refractivity contribution in [3.63, 3.8) is 0 Å². The molecule has 0 radical (unpaired) electrons. The van der Waals surface area contributed by atoms with Crippen molar-refractivity contribution in [1.82, 2.24) is 0 Å². The number of rotatable bonds is 6. The van der Waals surface area contributed by atoms with E-state index in [-0.39, 0.29) is 24.7 Å². The lowest BCUT2D eigenvalue weighted by Gasteiger charge is -2.10. The van der Waals surface area contributed by atoms with E-state index >= 15 is 0 Å². The number of ether oxygens (including phenoxy) is 1. The summed E-state index contributed by atoms with van der Waals surface area (Å²) in [5.41, 5.74) is 6.76. The van der Waals surface area contributed by atoms with Crippen molar-refractivity contribution in [2.45, 2.75) is 13.0 Å². The number of hydrogen-bond donors (Lipinski definition) is 1. The van der Waals surface area contributed by atoms with Gasteiger partial charge in [0.1, 0.15) is 11.6 Å². The molecule has 0 aliphatic heterocycles. The van der Waals surface area contributed by atoms with Gasteiger partial charge in [-0.25, -0.2) is 4.39 Å². The Morgan fingerprint density at radius 3 is 2.67 bits per heavy atom. The predicted molar refractivity (Wildman–Crippen MR) is 76.6 cm³/mol. The molecular weight excluding hydrogens is 275 g/mol. The van der Waals surface area contributed by atoms with E-state index in [9.17, 15) is 14.5 Å². The molecule has 0 aliphatic rings. The van der Waals surface area contributed by atoms with Crippen LogP contribution in [-0.4, -0.2) is 11.5 Å². The standard InChI is InChI=1S/C15H15FN2O3/c16-13-5-6-15(12(9-13)10-17)21-8-7-11-3-1-2-4-14(11)18(19)20/h1-6,9H,7-8,10,17H2. The van der Waals surface area contributed by atoms with Gasteiger partial charge in [0.15, 0.2) is 0 Å². The molecule has 0 atom stereocenters. The number of nitro groups is 1. The molecule has 0 aliphatic carbocycles. The summed E-state index contributed by atoms with van der Waals surface area (Å²) < 4.78 is 18.6. The van der Waals surface area contributed by atoms with Gasteiger partial charge in [0.2, 0.25) is 0 Å². The van der Waals surface area contributed by atoms with Gasteiger partial charge in [-0.2, -0.15) is 0 Å². The minimum atomic E-state index is -0.418. The lowest BCUT2D eigenvalue weighted by atomic mass is 10.1. The average molecular weight is 290 g/mol. The molecule has 21 heavy (non-hydrogen) atoms. The highest BCUT2D eigenvalue weighted by molar-refractivity contribution is 5.40. The topological polar surface area (TPSA) is 78.4 Å². The van der Waals surface area contributed by atoms with Crippen LogP contribution in [0.3, 0.4) is 0 Å². The molecule has 0 saturated heterocycles. The minimum Gasteiger partial charge on any atom is -0.493 e. The van der Waals surface area contributed by atoms with Gasteiger partial charge >= 0.3 is 0 Å².